The van der Waals surface area contributed by atoms with Gasteiger partial charge in [-0.15, -0.1) is 0 Å². The quantitative estimate of drug-likeness (QED) is 0.528. The van der Waals surface area contributed by atoms with Crippen molar-refractivity contribution in [1.29, 1.82) is 0 Å². The van der Waals surface area contributed by atoms with Gasteiger partial charge in [0.1, 0.15) is 0 Å². The van der Waals surface area contributed by atoms with E-state index in [0.717, 1.165) is 6.54 Å². The third-order valence-electron chi connectivity index (χ3n) is 3.24. The minimum Gasteiger partial charge on any atom is -0.324 e. The average molecular weight is 140 g/mol. The van der Waals surface area contributed by atoms with Crippen molar-refractivity contribution in [3.8, 4) is 0 Å². The van der Waals surface area contributed by atoms with E-state index in [4.69, 9.17) is 5.73 Å². The maximum atomic E-state index is 6.17. The second-order valence-corrected chi connectivity index (χ2v) is 4.37. The second-order valence-electron chi connectivity index (χ2n) is 4.37. The van der Waals surface area contributed by atoms with E-state index in [2.05, 4.69) is 18.9 Å². The molecule has 0 aromatic rings. The fourth-order valence-electron chi connectivity index (χ4n) is 2.36. The molecule has 1 heterocycles. The minimum atomic E-state index is 0.0990. The molecule has 1 saturated carbocycles. The first-order chi connectivity index (χ1) is 4.56. The number of likely N-dealkylation sites (tertiary alicyclic amines) is 1. The van der Waals surface area contributed by atoms with Gasteiger partial charge in [-0.1, -0.05) is 0 Å². The molecular formula is C8H16N2. The molecule has 2 aliphatic rings. The zero-order valence-electron chi connectivity index (χ0n) is 6.85. The summed E-state index contributed by atoms with van der Waals surface area (Å²) in [6.07, 6.45) is 2.70. The van der Waals surface area contributed by atoms with E-state index in [-0.39, 0.29) is 5.54 Å². The van der Waals surface area contributed by atoms with Crippen LogP contribution in [0.1, 0.15) is 19.8 Å². The molecule has 0 radical (unpaired) electrons. The maximum absolute atomic E-state index is 6.17. The Balaban J connectivity index is 2.21. The van der Waals surface area contributed by atoms with Crippen LogP contribution in [-0.2, 0) is 0 Å². The number of hydrogen-bond donors (Lipinski definition) is 1. The van der Waals surface area contributed by atoms with Crippen molar-refractivity contribution in [1.82, 2.24) is 4.90 Å². The molecule has 2 rings (SSSR count). The zero-order chi connectivity index (χ0) is 7.41. The van der Waals surface area contributed by atoms with Crippen LogP contribution in [0.4, 0.5) is 0 Å². The average Bonchev–Trinajstić information content (AvgIpc) is 2.40. The molecule has 0 aromatic heterocycles. The van der Waals surface area contributed by atoms with Gasteiger partial charge in [-0.2, -0.15) is 0 Å². The van der Waals surface area contributed by atoms with Gasteiger partial charge in [0.15, 0.2) is 0 Å². The van der Waals surface area contributed by atoms with Gasteiger partial charge in [-0.3, -0.25) is 0 Å². The lowest BCUT2D eigenvalue weighted by molar-refractivity contribution is 0.354. The van der Waals surface area contributed by atoms with Crippen molar-refractivity contribution in [2.45, 2.75) is 25.3 Å². The number of nitrogens with zero attached hydrogens (tertiary/aromatic N) is 1. The summed E-state index contributed by atoms with van der Waals surface area (Å²) in [6.45, 7) is 4.50. The Hall–Kier alpha value is -0.0800. The molecule has 2 N–H and O–H groups in total. The van der Waals surface area contributed by atoms with Crippen LogP contribution >= 0.6 is 0 Å². The summed E-state index contributed by atoms with van der Waals surface area (Å²) in [5.74, 6) is 0. The van der Waals surface area contributed by atoms with Gasteiger partial charge in [0, 0.05) is 24.0 Å². The van der Waals surface area contributed by atoms with Crippen molar-refractivity contribution >= 4 is 0 Å². The van der Waals surface area contributed by atoms with E-state index >= 15 is 0 Å². The first-order valence-corrected chi connectivity index (χ1v) is 4.03. The highest BCUT2D eigenvalue weighted by Crippen LogP contribution is 2.56. The van der Waals surface area contributed by atoms with Crippen LogP contribution in [0.5, 0.6) is 0 Å². The Morgan fingerprint density at radius 1 is 1.30 bits per heavy atom. The van der Waals surface area contributed by atoms with E-state index in [1.165, 1.54) is 19.4 Å². The van der Waals surface area contributed by atoms with Crippen LogP contribution in [0.2, 0.25) is 0 Å². The van der Waals surface area contributed by atoms with Gasteiger partial charge in [0.2, 0.25) is 0 Å². The van der Waals surface area contributed by atoms with Gasteiger partial charge in [-0.05, 0) is 26.8 Å². The van der Waals surface area contributed by atoms with Crippen LogP contribution in [0.3, 0.4) is 0 Å². The van der Waals surface area contributed by atoms with E-state index in [9.17, 15) is 0 Å². The monoisotopic (exact) mass is 140 g/mol. The Morgan fingerprint density at radius 3 is 2.10 bits per heavy atom. The largest absolute Gasteiger partial charge is 0.324 e. The standard InChI is InChI=1S/C8H16N2/c1-7(9)5-10(2)6-8(7)3-4-8/h3-6,9H2,1-2H3. The van der Waals surface area contributed by atoms with Gasteiger partial charge in [-0.25, -0.2) is 0 Å². The van der Waals surface area contributed by atoms with Crippen molar-refractivity contribution in [2.75, 3.05) is 20.1 Å². The summed E-state index contributed by atoms with van der Waals surface area (Å²) in [5.41, 5.74) is 6.78. The second kappa shape index (κ2) is 1.56. The molecule has 1 unspecified atom stereocenters. The highest BCUT2D eigenvalue weighted by Gasteiger charge is 2.59. The number of rotatable bonds is 0. The summed E-state index contributed by atoms with van der Waals surface area (Å²) in [4.78, 5) is 2.35. The maximum Gasteiger partial charge on any atom is 0.0324 e. The molecule has 0 aromatic carbocycles. The lowest BCUT2D eigenvalue weighted by atomic mass is 9.87. The van der Waals surface area contributed by atoms with Crippen LogP contribution in [0.25, 0.3) is 0 Å². The Labute approximate surface area is 62.4 Å². The highest BCUT2D eigenvalue weighted by molar-refractivity contribution is 5.15. The van der Waals surface area contributed by atoms with Crippen molar-refractivity contribution in [2.24, 2.45) is 11.1 Å². The van der Waals surface area contributed by atoms with Crippen LogP contribution in [-0.4, -0.2) is 30.6 Å². The summed E-state index contributed by atoms with van der Waals surface area (Å²) in [7, 11) is 2.16. The van der Waals surface area contributed by atoms with Gasteiger partial charge in [0.05, 0.1) is 0 Å². The van der Waals surface area contributed by atoms with Crippen molar-refractivity contribution < 1.29 is 0 Å². The Bertz CT molecular complexity index is 153. The topological polar surface area (TPSA) is 29.3 Å². The molecule has 0 amide bonds. The molecule has 0 bridgehead atoms. The number of hydrogen-bond acceptors (Lipinski definition) is 2. The van der Waals surface area contributed by atoms with Crippen LogP contribution in [0.15, 0.2) is 0 Å². The molecule has 58 valence electrons. The Morgan fingerprint density at radius 2 is 1.90 bits per heavy atom. The van der Waals surface area contributed by atoms with E-state index < -0.39 is 0 Å². The van der Waals surface area contributed by atoms with Gasteiger partial charge < -0.3 is 10.6 Å². The number of nitrogens with two attached hydrogens (primary N) is 1. The predicted octanol–water partition coefficient (Wildman–Crippen LogP) is 0.429. The van der Waals surface area contributed by atoms with E-state index in [1.54, 1.807) is 0 Å². The highest BCUT2D eigenvalue weighted by atomic mass is 15.2. The van der Waals surface area contributed by atoms with Gasteiger partial charge >= 0.3 is 0 Å². The zero-order valence-corrected chi connectivity index (χ0v) is 6.85. The van der Waals surface area contributed by atoms with E-state index in [1.807, 2.05) is 0 Å². The normalized spacial score (nSPS) is 44.7. The predicted molar refractivity (Wildman–Crippen MR) is 41.8 cm³/mol. The van der Waals surface area contributed by atoms with Crippen LogP contribution in [0, 0.1) is 5.41 Å². The molecular weight excluding hydrogens is 124 g/mol. The molecule has 1 aliphatic carbocycles. The fourth-order valence-corrected chi connectivity index (χ4v) is 2.36. The lowest BCUT2D eigenvalue weighted by Gasteiger charge is -2.24. The third-order valence-corrected chi connectivity index (χ3v) is 3.24. The van der Waals surface area contributed by atoms with Crippen LogP contribution < -0.4 is 5.73 Å². The molecule has 1 spiro atoms. The molecule has 10 heavy (non-hydrogen) atoms. The van der Waals surface area contributed by atoms with Gasteiger partial charge in [0.25, 0.3) is 0 Å². The smallest absolute Gasteiger partial charge is 0.0324 e. The summed E-state index contributed by atoms with van der Waals surface area (Å²) < 4.78 is 0. The lowest BCUT2D eigenvalue weighted by Crippen LogP contribution is -2.45. The minimum absolute atomic E-state index is 0.0990. The molecule has 1 aliphatic heterocycles. The third kappa shape index (κ3) is 0.663. The van der Waals surface area contributed by atoms with Crippen molar-refractivity contribution in [3.05, 3.63) is 0 Å². The first-order valence-electron chi connectivity index (χ1n) is 4.03. The number of likely N-dealkylation sites (N-methyl/N-ethyl adjacent to an activating group) is 1. The first kappa shape index (κ1) is 6.62. The van der Waals surface area contributed by atoms with E-state index in [0.29, 0.717) is 5.41 Å². The molecule has 2 fully saturated rings. The summed E-state index contributed by atoms with van der Waals surface area (Å²) in [6, 6.07) is 0. The summed E-state index contributed by atoms with van der Waals surface area (Å²) >= 11 is 0. The fraction of sp³-hybridized carbons (Fsp3) is 1.00. The molecule has 1 atom stereocenters. The molecule has 2 nitrogen and oxygen atoms in total. The Kier molecular flexibility index (Phi) is 1.03. The van der Waals surface area contributed by atoms with Crippen molar-refractivity contribution in [3.63, 3.8) is 0 Å². The molecule has 1 saturated heterocycles. The molecule has 2 heteroatoms. The SMILES string of the molecule is CN1CC(C)(N)C2(CC2)C1. The summed E-state index contributed by atoms with van der Waals surface area (Å²) in [5, 5.41) is 0.